The minimum absolute atomic E-state index is 0.0334. The fraction of sp³-hybridized carbons (Fsp3) is 0.385. The number of ether oxygens (including phenoxy) is 1. The molecule has 1 aliphatic rings. The van der Waals surface area contributed by atoms with Crippen molar-refractivity contribution in [2.75, 3.05) is 0 Å². The number of rotatable bonds is 1. The van der Waals surface area contributed by atoms with Crippen LogP contribution >= 0.6 is 0 Å². The summed E-state index contributed by atoms with van der Waals surface area (Å²) in [6, 6.07) is 5.24. The van der Waals surface area contributed by atoms with Crippen LogP contribution in [0.4, 0.5) is 0 Å². The maximum absolute atomic E-state index is 11.4. The number of benzene rings is 1. The quantitative estimate of drug-likeness (QED) is 0.413. The number of Topliss-reactive ketones (excluding diaryl/α,β-unsaturated/α-hetero) is 1. The summed E-state index contributed by atoms with van der Waals surface area (Å²) in [6.07, 6.45) is 1.21. The minimum Gasteiger partial charge on any atom is -0.426 e. The highest BCUT2D eigenvalue weighted by Crippen LogP contribution is 2.28. The smallest absolute Gasteiger partial charge is 0.311 e. The number of hydrogen-bond donors (Lipinski definition) is 0. The van der Waals surface area contributed by atoms with Gasteiger partial charge in [0.25, 0.3) is 0 Å². The van der Waals surface area contributed by atoms with Gasteiger partial charge in [0.15, 0.2) is 5.78 Å². The van der Waals surface area contributed by atoms with Gasteiger partial charge in [0.1, 0.15) is 5.75 Å². The Morgan fingerprint density at radius 3 is 2.81 bits per heavy atom. The molecule has 0 aromatic heterocycles. The molecular formula is C13H14O3. The topological polar surface area (TPSA) is 43.4 Å². The van der Waals surface area contributed by atoms with Gasteiger partial charge in [0.05, 0.1) is 0 Å². The van der Waals surface area contributed by atoms with Crippen molar-refractivity contribution in [2.45, 2.75) is 26.7 Å². The highest BCUT2D eigenvalue weighted by atomic mass is 16.5. The molecule has 1 heterocycles. The third-order valence-corrected chi connectivity index (χ3v) is 2.77. The van der Waals surface area contributed by atoms with E-state index in [0.717, 1.165) is 12.0 Å². The summed E-state index contributed by atoms with van der Waals surface area (Å²) in [5.74, 6) is 0.697. The summed E-state index contributed by atoms with van der Waals surface area (Å²) in [4.78, 5) is 22.6. The van der Waals surface area contributed by atoms with Crippen LogP contribution in [0, 0.1) is 5.92 Å². The summed E-state index contributed by atoms with van der Waals surface area (Å²) >= 11 is 0. The van der Waals surface area contributed by atoms with E-state index in [1.165, 1.54) is 6.92 Å². The van der Waals surface area contributed by atoms with Crippen molar-refractivity contribution in [3.8, 4) is 5.75 Å². The van der Waals surface area contributed by atoms with Crippen LogP contribution in [0.2, 0.25) is 0 Å². The SMILES string of the molecule is CC(=O)c1ccc2c(c1)C[C@H](C)CC(=O)O2. The van der Waals surface area contributed by atoms with Gasteiger partial charge in [-0.15, -0.1) is 0 Å². The summed E-state index contributed by atoms with van der Waals surface area (Å²) in [6.45, 7) is 3.55. The normalized spacial score (nSPS) is 19.6. The molecule has 1 aromatic carbocycles. The largest absolute Gasteiger partial charge is 0.426 e. The van der Waals surface area contributed by atoms with Crippen LogP contribution in [0.25, 0.3) is 0 Å². The van der Waals surface area contributed by atoms with E-state index in [-0.39, 0.29) is 17.7 Å². The van der Waals surface area contributed by atoms with Crippen molar-refractivity contribution in [1.29, 1.82) is 0 Å². The lowest BCUT2D eigenvalue weighted by Gasteiger charge is -2.07. The molecule has 2 rings (SSSR count). The lowest BCUT2D eigenvalue weighted by atomic mass is 9.97. The van der Waals surface area contributed by atoms with Gasteiger partial charge in [0, 0.05) is 12.0 Å². The van der Waals surface area contributed by atoms with Gasteiger partial charge in [-0.25, -0.2) is 0 Å². The molecule has 1 aliphatic heterocycles. The van der Waals surface area contributed by atoms with Crippen molar-refractivity contribution in [3.05, 3.63) is 29.3 Å². The second kappa shape index (κ2) is 4.08. The zero-order chi connectivity index (χ0) is 11.7. The summed E-state index contributed by atoms with van der Waals surface area (Å²) in [5, 5.41) is 0. The zero-order valence-corrected chi connectivity index (χ0v) is 9.45. The van der Waals surface area contributed by atoms with Gasteiger partial charge < -0.3 is 4.74 Å². The van der Waals surface area contributed by atoms with Gasteiger partial charge in [-0.05, 0) is 43.0 Å². The molecule has 3 heteroatoms. The van der Waals surface area contributed by atoms with E-state index >= 15 is 0 Å². The van der Waals surface area contributed by atoms with Gasteiger partial charge in [-0.2, -0.15) is 0 Å². The molecule has 0 unspecified atom stereocenters. The van der Waals surface area contributed by atoms with E-state index < -0.39 is 0 Å². The van der Waals surface area contributed by atoms with E-state index in [4.69, 9.17) is 4.74 Å². The summed E-state index contributed by atoms with van der Waals surface area (Å²) in [5.41, 5.74) is 1.62. The van der Waals surface area contributed by atoms with Gasteiger partial charge >= 0.3 is 5.97 Å². The third-order valence-electron chi connectivity index (χ3n) is 2.77. The van der Waals surface area contributed by atoms with Crippen LogP contribution < -0.4 is 4.74 Å². The van der Waals surface area contributed by atoms with Crippen molar-refractivity contribution in [1.82, 2.24) is 0 Å². The first kappa shape index (κ1) is 10.9. The van der Waals surface area contributed by atoms with E-state index in [2.05, 4.69) is 0 Å². The van der Waals surface area contributed by atoms with E-state index in [9.17, 15) is 9.59 Å². The Balaban J connectivity index is 2.42. The number of carbonyl (C=O) groups is 2. The average molecular weight is 218 g/mol. The molecule has 0 radical (unpaired) electrons. The lowest BCUT2D eigenvalue weighted by molar-refractivity contribution is -0.134. The maximum atomic E-state index is 11.4. The van der Waals surface area contributed by atoms with Crippen molar-refractivity contribution in [3.63, 3.8) is 0 Å². The van der Waals surface area contributed by atoms with Crippen LogP contribution in [0.15, 0.2) is 18.2 Å². The summed E-state index contributed by atoms with van der Waals surface area (Å²) < 4.78 is 5.21. The van der Waals surface area contributed by atoms with E-state index in [0.29, 0.717) is 17.7 Å². The van der Waals surface area contributed by atoms with Crippen molar-refractivity contribution < 1.29 is 14.3 Å². The van der Waals surface area contributed by atoms with E-state index in [1.54, 1.807) is 12.1 Å². The third kappa shape index (κ3) is 2.13. The Morgan fingerprint density at radius 1 is 1.38 bits per heavy atom. The first-order chi connectivity index (χ1) is 7.56. The number of esters is 1. The van der Waals surface area contributed by atoms with Crippen LogP contribution in [-0.2, 0) is 11.2 Å². The van der Waals surface area contributed by atoms with Crippen LogP contribution in [-0.4, -0.2) is 11.8 Å². The molecule has 1 atom stereocenters. The van der Waals surface area contributed by atoms with Gasteiger partial charge in [-0.3, -0.25) is 9.59 Å². The Labute approximate surface area is 94.4 Å². The fourth-order valence-corrected chi connectivity index (χ4v) is 1.95. The Morgan fingerprint density at radius 2 is 2.12 bits per heavy atom. The van der Waals surface area contributed by atoms with Crippen LogP contribution in [0.3, 0.4) is 0 Å². The fourth-order valence-electron chi connectivity index (χ4n) is 1.95. The standard InChI is InChI=1S/C13H14O3/c1-8-5-11-7-10(9(2)14)3-4-12(11)16-13(15)6-8/h3-4,7-8H,5-6H2,1-2H3/t8-/m0/s1. The molecular weight excluding hydrogens is 204 g/mol. The molecule has 1 aromatic rings. The number of ketones is 1. The second-order valence-electron chi connectivity index (χ2n) is 4.37. The van der Waals surface area contributed by atoms with Crippen LogP contribution in [0.5, 0.6) is 5.75 Å². The lowest BCUT2D eigenvalue weighted by Crippen LogP contribution is -2.09. The number of carbonyl (C=O) groups excluding carboxylic acids is 2. The molecule has 0 saturated carbocycles. The first-order valence-corrected chi connectivity index (χ1v) is 5.41. The highest BCUT2D eigenvalue weighted by molar-refractivity contribution is 5.94. The number of fused-ring (bicyclic) bond motifs is 1. The molecule has 84 valence electrons. The van der Waals surface area contributed by atoms with Crippen LogP contribution in [0.1, 0.15) is 36.2 Å². The van der Waals surface area contributed by atoms with Gasteiger partial charge in [-0.1, -0.05) is 6.92 Å². The minimum atomic E-state index is -0.193. The molecule has 0 spiro atoms. The molecule has 16 heavy (non-hydrogen) atoms. The maximum Gasteiger partial charge on any atom is 0.311 e. The molecule has 0 N–H and O–H groups in total. The Kier molecular flexibility index (Phi) is 2.77. The van der Waals surface area contributed by atoms with E-state index in [1.807, 2.05) is 13.0 Å². The number of hydrogen-bond acceptors (Lipinski definition) is 3. The van der Waals surface area contributed by atoms with Crippen molar-refractivity contribution in [2.24, 2.45) is 5.92 Å². The average Bonchev–Trinajstić information content (AvgIpc) is 2.32. The second-order valence-corrected chi connectivity index (χ2v) is 4.37. The Hall–Kier alpha value is -1.64. The molecule has 0 aliphatic carbocycles. The Bertz CT molecular complexity index is 448. The predicted octanol–water partition coefficient (Wildman–Crippen LogP) is 2.38. The monoisotopic (exact) mass is 218 g/mol. The first-order valence-electron chi connectivity index (χ1n) is 5.41. The zero-order valence-electron chi connectivity index (χ0n) is 9.45. The molecule has 0 fully saturated rings. The molecule has 0 bridgehead atoms. The van der Waals surface area contributed by atoms with Crippen molar-refractivity contribution >= 4 is 11.8 Å². The predicted molar refractivity (Wildman–Crippen MR) is 59.6 cm³/mol. The molecule has 3 nitrogen and oxygen atoms in total. The molecule has 0 saturated heterocycles. The highest BCUT2D eigenvalue weighted by Gasteiger charge is 2.20. The van der Waals surface area contributed by atoms with Gasteiger partial charge in [0.2, 0.25) is 0 Å². The summed E-state index contributed by atoms with van der Waals surface area (Å²) in [7, 11) is 0. The molecule has 0 amide bonds.